The van der Waals surface area contributed by atoms with Crippen LogP contribution >= 0.6 is 0 Å². The largest absolute Gasteiger partial charge is 0.481 e. The van der Waals surface area contributed by atoms with Gasteiger partial charge in [0.2, 0.25) is 0 Å². The van der Waals surface area contributed by atoms with Crippen LogP contribution in [0.3, 0.4) is 0 Å². The fraction of sp³-hybridized carbons (Fsp3) is 0.500. The lowest BCUT2D eigenvalue weighted by Gasteiger charge is -2.21. The average molecular weight is 249 g/mol. The Labute approximate surface area is 107 Å². The predicted molar refractivity (Wildman–Crippen MR) is 68.7 cm³/mol. The molecule has 1 fully saturated rings. The van der Waals surface area contributed by atoms with Gasteiger partial charge >= 0.3 is 5.97 Å². The third-order valence-corrected chi connectivity index (χ3v) is 3.72. The first kappa shape index (κ1) is 13.1. The van der Waals surface area contributed by atoms with E-state index in [0.717, 1.165) is 24.0 Å². The molecule has 3 N–H and O–H groups in total. The molecule has 1 aliphatic rings. The first-order valence-electron chi connectivity index (χ1n) is 6.16. The summed E-state index contributed by atoms with van der Waals surface area (Å²) in [4.78, 5) is 11.3. The van der Waals surface area contributed by atoms with Crippen molar-refractivity contribution in [3.63, 3.8) is 0 Å². The van der Waals surface area contributed by atoms with Crippen LogP contribution in [0.4, 0.5) is 0 Å². The summed E-state index contributed by atoms with van der Waals surface area (Å²) in [6, 6.07) is 7.70. The lowest BCUT2D eigenvalue weighted by molar-refractivity contribution is -0.138. The Balaban J connectivity index is 2.40. The molecule has 0 aliphatic heterocycles. The highest BCUT2D eigenvalue weighted by Gasteiger charge is 2.46. The van der Waals surface area contributed by atoms with Crippen LogP contribution in [0.2, 0.25) is 0 Å². The van der Waals surface area contributed by atoms with Crippen molar-refractivity contribution in [3.05, 3.63) is 35.4 Å². The second kappa shape index (κ2) is 5.08. The van der Waals surface area contributed by atoms with Gasteiger partial charge in [-0.2, -0.15) is 0 Å². The molecule has 1 saturated carbocycles. The minimum Gasteiger partial charge on any atom is -0.481 e. The van der Waals surface area contributed by atoms with Crippen LogP contribution in [0.5, 0.6) is 0 Å². The van der Waals surface area contributed by atoms with E-state index in [9.17, 15) is 9.90 Å². The van der Waals surface area contributed by atoms with Crippen molar-refractivity contribution in [2.75, 3.05) is 20.3 Å². The number of carboxylic acid groups (broad SMARTS) is 1. The molecule has 2 rings (SSSR count). The molecule has 98 valence electrons. The van der Waals surface area contributed by atoms with Crippen LogP contribution in [-0.2, 0) is 14.9 Å². The van der Waals surface area contributed by atoms with E-state index in [0.29, 0.717) is 6.61 Å². The summed E-state index contributed by atoms with van der Waals surface area (Å²) < 4.78 is 5.27. The number of methoxy groups -OCH3 is 1. The number of benzene rings is 1. The summed E-state index contributed by atoms with van der Waals surface area (Å²) in [5.41, 5.74) is 7.53. The first-order chi connectivity index (χ1) is 8.64. The molecule has 4 nitrogen and oxygen atoms in total. The topological polar surface area (TPSA) is 72.5 Å². The molecule has 1 aromatic carbocycles. The van der Waals surface area contributed by atoms with Gasteiger partial charge in [0, 0.05) is 19.1 Å². The number of carbonyl (C=O) groups is 1. The van der Waals surface area contributed by atoms with Gasteiger partial charge in [-0.3, -0.25) is 4.79 Å². The Morgan fingerprint density at radius 2 is 2.17 bits per heavy atom. The zero-order valence-electron chi connectivity index (χ0n) is 10.6. The van der Waals surface area contributed by atoms with Crippen molar-refractivity contribution in [3.8, 4) is 0 Å². The molecule has 4 heteroatoms. The SMILES string of the molecule is COCC1(c2ccccc2C(CN)C(=O)O)CC1. The number of hydrogen-bond acceptors (Lipinski definition) is 3. The maximum atomic E-state index is 11.3. The molecule has 0 heterocycles. The van der Waals surface area contributed by atoms with E-state index in [4.69, 9.17) is 10.5 Å². The molecule has 0 spiro atoms. The number of nitrogens with two attached hydrogens (primary N) is 1. The van der Waals surface area contributed by atoms with Crippen molar-refractivity contribution in [1.82, 2.24) is 0 Å². The zero-order valence-corrected chi connectivity index (χ0v) is 10.6. The molecule has 1 unspecified atom stereocenters. The van der Waals surface area contributed by atoms with Crippen LogP contribution in [0.1, 0.15) is 29.9 Å². The highest BCUT2D eigenvalue weighted by molar-refractivity contribution is 5.77. The van der Waals surface area contributed by atoms with E-state index in [1.54, 1.807) is 7.11 Å². The smallest absolute Gasteiger partial charge is 0.312 e. The number of rotatable bonds is 6. The molecule has 0 saturated heterocycles. The molecule has 0 radical (unpaired) electrons. The van der Waals surface area contributed by atoms with E-state index in [1.165, 1.54) is 0 Å². The molecule has 1 atom stereocenters. The molecule has 0 bridgehead atoms. The minimum atomic E-state index is -0.863. The van der Waals surface area contributed by atoms with E-state index in [1.807, 2.05) is 24.3 Å². The standard InChI is InChI=1S/C14H19NO3/c1-18-9-14(6-7-14)12-5-3-2-4-10(12)11(8-15)13(16)17/h2-5,11H,6-9,15H2,1H3,(H,16,17). The number of carboxylic acids is 1. The van der Waals surface area contributed by atoms with Crippen molar-refractivity contribution in [2.45, 2.75) is 24.2 Å². The normalized spacial score (nSPS) is 18.3. The monoisotopic (exact) mass is 249 g/mol. The molecule has 18 heavy (non-hydrogen) atoms. The maximum Gasteiger partial charge on any atom is 0.312 e. The predicted octanol–water partition coefficient (Wildman–Crippen LogP) is 1.49. The van der Waals surface area contributed by atoms with Gasteiger partial charge < -0.3 is 15.6 Å². The van der Waals surface area contributed by atoms with Gasteiger partial charge in [0.1, 0.15) is 0 Å². The fourth-order valence-electron chi connectivity index (χ4n) is 2.56. The molecular formula is C14H19NO3. The highest BCUT2D eigenvalue weighted by atomic mass is 16.5. The van der Waals surface area contributed by atoms with Gasteiger partial charge in [0.15, 0.2) is 0 Å². The van der Waals surface area contributed by atoms with E-state index in [-0.39, 0.29) is 12.0 Å². The van der Waals surface area contributed by atoms with Crippen molar-refractivity contribution in [1.29, 1.82) is 0 Å². The van der Waals surface area contributed by atoms with Crippen molar-refractivity contribution in [2.24, 2.45) is 5.73 Å². The third kappa shape index (κ3) is 2.26. The van der Waals surface area contributed by atoms with Gasteiger partial charge in [-0.05, 0) is 24.0 Å². The summed E-state index contributed by atoms with van der Waals surface area (Å²) in [7, 11) is 1.68. The van der Waals surface area contributed by atoms with E-state index >= 15 is 0 Å². The van der Waals surface area contributed by atoms with E-state index in [2.05, 4.69) is 0 Å². The zero-order chi connectivity index (χ0) is 13.2. The van der Waals surface area contributed by atoms with Crippen molar-refractivity contribution < 1.29 is 14.6 Å². The maximum absolute atomic E-state index is 11.3. The summed E-state index contributed by atoms with van der Waals surface area (Å²) in [5.74, 6) is -1.49. The molecule has 1 aliphatic carbocycles. The van der Waals surface area contributed by atoms with Crippen LogP contribution in [0.25, 0.3) is 0 Å². The average Bonchev–Trinajstić information content (AvgIpc) is 3.11. The molecule has 0 aromatic heterocycles. The second-order valence-electron chi connectivity index (χ2n) is 4.93. The third-order valence-electron chi connectivity index (χ3n) is 3.72. The van der Waals surface area contributed by atoms with Gasteiger partial charge in [-0.25, -0.2) is 0 Å². The van der Waals surface area contributed by atoms with Crippen molar-refractivity contribution >= 4 is 5.97 Å². The Hall–Kier alpha value is -1.39. The number of aliphatic carboxylic acids is 1. The summed E-state index contributed by atoms with van der Waals surface area (Å²) in [6.45, 7) is 0.760. The first-order valence-corrected chi connectivity index (χ1v) is 6.16. The highest BCUT2D eigenvalue weighted by Crippen LogP contribution is 2.50. The Kier molecular flexibility index (Phi) is 3.68. The minimum absolute atomic E-state index is 0.00815. The molecule has 0 amide bonds. The quantitative estimate of drug-likeness (QED) is 0.801. The van der Waals surface area contributed by atoms with Gasteiger partial charge in [0.05, 0.1) is 12.5 Å². The lowest BCUT2D eigenvalue weighted by atomic mass is 9.85. The summed E-state index contributed by atoms with van der Waals surface area (Å²) in [5, 5.41) is 9.26. The van der Waals surface area contributed by atoms with Gasteiger partial charge in [-0.15, -0.1) is 0 Å². The summed E-state index contributed by atoms with van der Waals surface area (Å²) in [6.07, 6.45) is 2.10. The molecular weight excluding hydrogens is 230 g/mol. The van der Waals surface area contributed by atoms with E-state index < -0.39 is 11.9 Å². The van der Waals surface area contributed by atoms with Crippen LogP contribution in [0, 0.1) is 0 Å². The number of hydrogen-bond donors (Lipinski definition) is 2. The number of ether oxygens (including phenoxy) is 1. The van der Waals surface area contributed by atoms with Crippen LogP contribution in [0.15, 0.2) is 24.3 Å². The van der Waals surface area contributed by atoms with Gasteiger partial charge in [0.25, 0.3) is 0 Å². The summed E-state index contributed by atoms with van der Waals surface area (Å²) >= 11 is 0. The lowest BCUT2D eigenvalue weighted by Crippen LogP contribution is -2.25. The van der Waals surface area contributed by atoms with Crippen LogP contribution < -0.4 is 5.73 Å². The van der Waals surface area contributed by atoms with Crippen LogP contribution in [-0.4, -0.2) is 31.3 Å². The van der Waals surface area contributed by atoms with Gasteiger partial charge in [-0.1, -0.05) is 24.3 Å². The Bertz CT molecular complexity index is 440. The Morgan fingerprint density at radius 3 is 2.67 bits per heavy atom. The molecule has 1 aromatic rings. The Morgan fingerprint density at radius 1 is 1.50 bits per heavy atom. The second-order valence-corrected chi connectivity index (χ2v) is 4.93. The fourth-order valence-corrected chi connectivity index (χ4v) is 2.56.